The summed E-state index contributed by atoms with van der Waals surface area (Å²) in [5.41, 5.74) is 1.10. The first kappa shape index (κ1) is 14.9. The fraction of sp³-hybridized carbons (Fsp3) is 0.176. The summed E-state index contributed by atoms with van der Waals surface area (Å²) in [5.74, 6) is 1.43. The number of fused-ring (bicyclic) bond motifs is 1. The van der Waals surface area contributed by atoms with Crippen LogP contribution < -0.4 is 19.5 Å². The Morgan fingerprint density at radius 1 is 1.13 bits per heavy atom. The molecule has 1 N–H and O–H groups in total. The predicted molar refractivity (Wildman–Crippen MR) is 83.4 cm³/mol. The molecule has 0 radical (unpaired) electrons. The van der Waals surface area contributed by atoms with E-state index in [1.165, 1.54) is 0 Å². The molecule has 6 heteroatoms. The minimum atomic E-state index is -0.307. The summed E-state index contributed by atoms with van der Waals surface area (Å²) in [5, 5.41) is 2.72. The summed E-state index contributed by atoms with van der Waals surface area (Å²) in [6.07, 6.45) is 0.724. The van der Waals surface area contributed by atoms with Crippen LogP contribution in [-0.4, -0.2) is 32.0 Å². The Hall–Kier alpha value is -3.02. The SMILES string of the molecule is O=Cc1cccc(OCC(=O)Nc2ccc3c(c2)OCCO3)c1. The number of aldehydes is 1. The summed E-state index contributed by atoms with van der Waals surface area (Å²) in [6.45, 7) is 0.851. The number of rotatable bonds is 5. The maximum Gasteiger partial charge on any atom is 0.262 e. The van der Waals surface area contributed by atoms with Gasteiger partial charge in [0.2, 0.25) is 0 Å². The molecule has 1 aliphatic rings. The third kappa shape index (κ3) is 3.79. The van der Waals surface area contributed by atoms with Crippen LogP contribution in [-0.2, 0) is 4.79 Å². The summed E-state index contributed by atoms with van der Waals surface area (Å²) < 4.78 is 16.2. The quantitative estimate of drug-likeness (QED) is 0.857. The van der Waals surface area contributed by atoms with E-state index in [2.05, 4.69) is 5.32 Å². The first-order valence-electron chi connectivity index (χ1n) is 7.12. The molecule has 0 fully saturated rings. The molecule has 1 amide bonds. The first-order chi connectivity index (χ1) is 11.2. The highest BCUT2D eigenvalue weighted by Gasteiger charge is 2.13. The molecule has 0 spiro atoms. The van der Waals surface area contributed by atoms with E-state index >= 15 is 0 Å². The summed E-state index contributed by atoms with van der Waals surface area (Å²) in [6, 6.07) is 11.8. The van der Waals surface area contributed by atoms with Gasteiger partial charge in [0.15, 0.2) is 18.1 Å². The number of carbonyl (C=O) groups is 2. The van der Waals surface area contributed by atoms with E-state index in [0.717, 1.165) is 6.29 Å². The van der Waals surface area contributed by atoms with Crippen molar-refractivity contribution >= 4 is 17.9 Å². The zero-order valence-corrected chi connectivity index (χ0v) is 12.3. The van der Waals surface area contributed by atoms with E-state index in [-0.39, 0.29) is 12.5 Å². The number of amides is 1. The zero-order chi connectivity index (χ0) is 16.1. The van der Waals surface area contributed by atoms with Crippen molar-refractivity contribution in [3.8, 4) is 17.2 Å². The van der Waals surface area contributed by atoms with Gasteiger partial charge in [-0.3, -0.25) is 9.59 Å². The topological polar surface area (TPSA) is 73.9 Å². The number of anilines is 1. The minimum Gasteiger partial charge on any atom is -0.486 e. The highest BCUT2D eigenvalue weighted by Crippen LogP contribution is 2.32. The lowest BCUT2D eigenvalue weighted by Gasteiger charge is -2.19. The molecule has 0 aliphatic carbocycles. The molecular formula is C17H15NO5. The van der Waals surface area contributed by atoms with Crippen LogP contribution >= 0.6 is 0 Å². The first-order valence-corrected chi connectivity index (χ1v) is 7.12. The molecule has 6 nitrogen and oxygen atoms in total. The number of hydrogen-bond donors (Lipinski definition) is 1. The minimum absolute atomic E-state index is 0.156. The van der Waals surface area contributed by atoms with Gasteiger partial charge in [-0.05, 0) is 24.3 Å². The Morgan fingerprint density at radius 2 is 1.96 bits per heavy atom. The van der Waals surface area contributed by atoms with Crippen molar-refractivity contribution in [1.29, 1.82) is 0 Å². The molecule has 0 saturated heterocycles. The predicted octanol–water partition coefficient (Wildman–Crippen LogP) is 2.29. The Bertz CT molecular complexity index is 729. The van der Waals surface area contributed by atoms with Crippen molar-refractivity contribution in [2.24, 2.45) is 0 Å². The van der Waals surface area contributed by atoms with Crippen LogP contribution in [0.3, 0.4) is 0 Å². The molecule has 118 valence electrons. The second-order valence-corrected chi connectivity index (χ2v) is 4.89. The van der Waals surface area contributed by atoms with Gasteiger partial charge in [-0.15, -0.1) is 0 Å². The Balaban J connectivity index is 1.57. The molecular weight excluding hydrogens is 298 g/mol. The molecule has 1 aliphatic heterocycles. The molecule has 3 rings (SSSR count). The molecule has 0 bridgehead atoms. The van der Waals surface area contributed by atoms with Gasteiger partial charge >= 0.3 is 0 Å². The second-order valence-electron chi connectivity index (χ2n) is 4.89. The third-order valence-corrected chi connectivity index (χ3v) is 3.19. The molecule has 1 heterocycles. The van der Waals surface area contributed by atoms with Crippen molar-refractivity contribution in [2.75, 3.05) is 25.1 Å². The lowest BCUT2D eigenvalue weighted by Crippen LogP contribution is -2.20. The Morgan fingerprint density at radius 3 is 2.78 bits per heavy atom. The van der Waals surface area contributed by atoms with Gasteiger partial charge in [-0.2, -0.15) is 0 Å². The highest BCUT2D eigenvalue weighted by molar-refractivity contribution is 5.92. The number of carbonyl (C=O) groups excluding carboxylic acids is 2. The number of benzene rings is 2. The normalized spacial score (nSPS) is 12.3. The smallest absolute Gasteiger partial charge is 0.262 e. The van der Waals surface area contributed by atoms with Crippen LogP contribution in [0, 0.1) is 0 Å². The molecule has 0 atom stereocenters. The largest absolute Gasteiger partial charge is 0.486 e. The van der Waals surface area contributed by atoms with Gasteiger partial charge in [0.25, 0.3) is 5.91 Å². The van der Waals surface area contributed by atoms with Crippen LogP contribution in [0.2, 0.25) is 0 Å². The molecule has 2 aromatic carbocycles. The molecule has 0 saturated carbocycles. The average molecular weight is 313 g/mol. The maximum absolute atomic E-state index is 11.9. The number of ether oxygens (including phenoxy) is 3. The van der Waals surface area contributed by atoms with E-state index in [4.69, 9.17) is 14.2 Å². The highest BCUT2D eigenvalue weighted by atomic mass is 16.6. The monoisotopic (exact) mass is 313 g/mol. The molecule has 0 aromatic heterocycles. The van der Waals surface area contributed by atoms with Gasteiger partial charge in [-0.1, -0.05) is 12.1 Å². The third-order valence-electron chi connectivity index (χ3n) is 3.19. The lowest BCUT2D eigenvalue weighted by molar-refractivity contribution is -0.118. The van der Waals surface area contributed by atoms with Crippen molar-refractivity contribution < 1.29 is 23.8 Å². The van der Waals surface area contributed by atoms with Crippen molar-refractivity contribution in [2.45, 2.75) is 0 Å². The van der Waals surface area contributed by atoms with E-state index < -0.39 is 0 Å². The summed E-state index contributed by atoms with van der Waals surface area (Å²) in [7, 11) is 0. The fourth-order valence-electron chi connectivity index (χ4n) is 2.14. The van der Waals surface area contributed by atoms with Crippen LogP contribution in [0.25, 0.3) is 0 Å². The average Bonchev–Trinajstić information content (AvgIpc) is 2.60. The van der Waals surface area contributed by atoms with Crippen LogP contribution in [0.15, 0.2) is 42.5 Å². The van der Waals surface area contributed by atoms with Gasteiger partial charge in [0.05, 0.1) is 0 Å². The lowest BCUT2D eigenvalue weighted by atomic mass is 10.2. The zero-order valence-electron chi connectivity index (χ0n) is 12.3. The van der Waals surface area contributed by atoms with Gasteiger partial charge in [0, 0.05) is 17.3 Å². The van der Waals surface area contributed by atoms with E-state index in [1.807, 2.05) is 0 Å². The van der Waals surface area contributed by atoms with Crippen molar-refractivity contribution in [1.82, 2.24) is 0 Å². The fourth-order valence-corrected chi connectivity index (χ4v) is 2.14. The Kier molecular flexibility index (Phi) is 4.42. The molecule has 23 heavy (non-hydrogen) atoms. The van der Waals surface area contributed by atoms with Crippen LogP contribution in [0.1, 0.15) is 10.4 Å². The van der Waals surface area contributed by atoms with Crippen molar-refractivity contribution in [3.63, 3.8) is 0 Å². The summed E-state index contributed by atoms with van der Waals surface area (Å²) in [4.78, 5) is 22.6. The van der Waals surface area contributed by atoms with Crippen LogP contribution in [0.5, 0.6) is 17.2 Å². The Labute approximate surface area is 133 Å². The van der Waals surface area contributed by atoms with Gasteiger partial charge < -0.3 is 19.5 Å². The number of hydrogen-bond acceptors (Lipinski definition) is 5. The van der Waals surface area contributed by atoms with E-state index in [9.17, 15) is 9.59 Å². The van der Waals surface area contributed by atoms with E-state index in [1.54, 1.807) is 42.5 Å². The van der Waals surface area contributed by atoms with Gasteiger partial charge in [0.1, 0.15) is 25.2 Å². The number of nitrogens with one attached hydrogen (secondary N) is 1. The second kappa shape index (κ2) is 6.83. The standard InChI is InChI=1S/C17H15NO5/c19-10-12-2-1-3-14(8-12)23-11-17(20)18-13-4-5-15-16(9-13)22-7-6-21-15/h1-5,8-10H,6-7,11H2,(H,18,20). The van der Waals surface area contributed by atoms with E-state index in [0.29, 0.717) is 41.7 Å². The molecule has 0 unspecified atom stereocenters. The summed E-state index contributed by atoms with van der Waals surface area (Å²) >= 11 is 0. The maximum atomic E-state index is 11.9. The van der Waals surface area contributed by atoms with Crippen LogP contribution in [0.4, 0.5) is 5.69 Å². The van der Waals surface area contributed by atoms with Gasteiger partial charge in [-0.25, -0.2) is 0 Å². The van der Waals surface area contributed by atoms with Crippen molar-refractivity contribution in [3.05, 3.63) is 48.0 Å². The molecule has 2 aromatic rings.